The maximum Gasteiger partial charge on any atom is 0.264 e. The Morgan fingerprint density at radius 3 is 2.47 bits per heavy atom. The molecule has 2 aromatic rings. The number of aromatic hydroxyl groups is 1. The fraction of sp³-hybridized carbons (Fsp3) is 0.0769. The first-order valence-corrected chi connectivity index (χ1v) is 6.96. The van der Waals surface area contributed by atoms with E-state index in [1.165, 1.54) is 18.2 Å². The molecule has 0 aliphatic rings. The molecule has 0 fully saturated rings. The van der Waals surface area contributed by atoms with E-state index in [-0.39, 0.29) is 11.4 Å². The maximum absolute atomic E-state index is 13.5. The Kier molecular flexibility index (Phi) is 3.44. The van der Waals surface area contributed by atoms with Gasteiger partial charge in [0.25, 0.3) is 10.0 Å². The molecule has 0 saturated carbocycles. The van der Waals surface area contributed by atoms with Crippen molar-refractivity contribution in [1.82, 2.24) is 0 Å². The van der Waals surface area contributed by atoms with Gasteiger partial charge in [-0.3, -0.25) is 4.72 Å². The molecule has 0 aromatic heterocycles. The predicted octanol–water partition coefficient (Wildman–Crippen LogP) is 2.64. The van der Waals surface area contributed by atoms with Gasteiger partial charge in [0.15, 0.2) is 0 Å². The lowest BCUT2D eigenvalue weighted by molar-refractivity contribution is 0.473. The zero-order chi connectivity index (χ0) is 14.0. The molecule has 0 spiro atoms. The lowest BCUT2D eigenvalue weighted by atomic mass is 10.2. The summed E-state index contributed by atoms with van der Waals surface area (Å²) < 4.78 is 39.7. The number of benzene rings is 2. The highest BCUT2D eigenvalue weighted by atomic mass is 32.2. The van der Waals surface area contributed by atoms with Crippen molar-refractivity contribution < 1.29 is 17.9 Å². The van der Waals surface area contributed by atoms with Crippen molar-refractivity contribution in [3.8, 4) is 5.75 Å². The zero-order valence-corrected chi connectivity index (χ0v) is 10.9. The molecular weight excluding hydrogens is 269 g/mol. The smallest absolute Gasteiger partial charge is 0.264 e. The van der Waals surface area contributed by atoms with Crippen molar-refractivity contribution in [2.24, 2.45) is 0 Å². The van der Waals surface area contributed by atoms with E-state index < -0.39 is 20.7 Å². The van der Waals surface area contributed by atoms with Gasteiger partial charge < -0.3 is 5.11 Å². The van der Waals surface area contributed by atoms with Gasteiger partial charge in [0, 0.05) is 0 Å². The average Bonchev–Trinajstić information content (AvgIpc) is 2.35. The number of aryl methyl sites for hydroxylation is 1. The molecule has 19 heavy (non-hydrogen) atoms. The van der Waals surface area contributed by atoms with Crippen LogP contribution in [0, 0.1) is 12.7 Å². The number of halogens is 1. The van der Waals surface area contributed by atoms with Crippen molar-refractivity contribution in [3.05, 3.63) is 53.8 Å². The lowest BCUT2D eigenvalue weighted by Gasteiger charge is -2.11. The van der Waals surface area contributed by atoms with E-state index in [9.17, 15) is 17.9 Å². The number of hydrogen-bond acceptors (Lipinski definition) is 3. The van der Waals surface area contributed by atoms with Gasteiger partial charge in [-0.1, -0.05) is 24.3 Å². The van der Waals surface area contributed by atoms with Crippen LogP contribution in [-0.4, -0.2) is 13.5 Å². The molecule has 6 heteroatoms. The Bertz CT molecular complexity index is 714. The topological polar surface area (TPSA) is 66.4 Å². The second-order valence-corrected chi connectivity index (χ2v) is 5.66. The van der Waals surface area contributed by atoms with Crippen molar-refractivity contribution >= 4 is 15.7 Å². The number of para-hydroxylation sites is 1. The summed E-state index contributed by atoms with van der Waals surface area (Å²) in [5.41, 5.74) is 0.539. The first kappa shape index (κ1) is 13.4. The molecule has 0 amide bonds. The summed E-state index contributed by atoms with van der Waals surface area (Å²) in [6.45, 7) is 1.64. The van der Waals surface area contributed by atoms with Crippen LogP contribution in [0.3, 0.4) is 0 Å². The molecule has 100 valence electrons. The average molecular weight is 281 g/mol. The van der Waals surface area contributed by atoms with Gasteiger partial charge in [-0.25, -0.2) is 12.8 Å². The fourth-order valence-corrected chi connectivity index (χ4v) is 2.75. The fourth-order valence-electron chi connectivity index (χ4n) is 1.60. The molecule has 2 N–H and O–H groups in total. The van der Waals surface area contributed by atoms with Gasteiger partial charge in [-0.05, 0) is 30.7 Å². The maximum atomic E-state index is 13.5. The second kappa shape index (κ2) is 4.89. The summed E-state index contributed by atoms with van der Waals surface area (Å²) in [6.07, 6.45) is 0. The molecule has 2 aromatic carbocycles. The molecule has 0 saturated heterocycles. The van der Waals surface area contributed by atoms with Gasteiger partial charge >= 0.3 is 0 Å². The summed E-state index contributed by atoms with van der Waals surface area (Å²) in [6, 6.07) is 9.67. The first-order chi connectivity index (χ1) is 8.92. The summed E-state index contributed by atoms with van der Waals surface area (Å²) in [5, 5.41) is 9.76. The summed E-state index contributed by atoms with van der Waals surface area (Å²) in [4.78, 5) is -0.462. The zero-order valence-electron chi connectivity index (χ0n) is 10.1. The molecular formula is C13H12FNO3S. The third-order valence-electron chi connectivity index (χ3n) is 2.61. The minimum absolute atomic E-state index is 0.0169. The highest BCUT2D eigenvalue weighted by Crippen LogP contribution is 2.29. The minimum Gasteiger partial charge on any atom is -0.505 e. The number of nitrogens with one attached hydrogen (secondary N) is 1. The standard InChI is InChI=1S/C13H12FNO3S/c1-9-5-4-7-11(13(9)16)15-19(17,18)12-8-3-2-6-10(12)14/h2-8,15-16H,1H3. The van der Waals surface area contributed by atoms with Crippen LogP contribution in [0.15, 0.2) is 47.4 Å². The van der Waals surface area contributed by atoms with Gasteiger partial charge in [0.2, 0.25) is 0 Å². The van der Waals surface area contributed by atoms with Crippen LogP contribution in [-0.2, 0) is 10.0 Å². The van der Waals surface area contributed by atoms with Gasteiger partial charge in [-0.2, -0.15) is 0 Å². The van der Waals surface area contributed by atoms with Crippen molar-refractivity contribution in [2.45, 2.75) is 11.8 Å². The quantitative estimate of drug-likeness (QED) is 0.850. The SMILES string of the molecule is Cc1cccc(NS(=O)(=O)c2ccccc2F)c1O. The predicted molar refractivity (Wildman–Crippen MR) is 70.1 cm³/mol. The number of anilines is 1. The number of rotatable bonds is 3. The van der Waals surface area contributed by atoms with Crippen LogP contribution in [0.25, 0.3) is 0 Å². The monoisotopic (exact) mass is 281 g/mol. The largest absolute Gasteiger partial charge is 0.505 e. The van der Waals surface area contributed by atoms with E-state index in [0.717, 1.165) is 12.1 Å². The van der Waals surface area contributed by atoms with Crippen LogP contribution in [0.4, 0.5) is 10.1 Å². The normalized spacial score (nSPS) is 11.3. The van der Waals surface area contributed by atoms with Crippen molar-refractivity contribution in [3.63, 3.8) is 0 Å². The molecule has 0 radical (unpaired) electrons. The third-order valence-corrected chi connectivity index (χ3v) is 4.01. The summed E-state index contributed by atoms with van der Waals surface area (Å²) >= 11 is 0. The highest BCUT2D eigenvalue weighted by Gasteiger charge is 2.20. The molecule has 0 heterocycles. The second-order valence-electron chi connectivity index (χ2n) is 4.01. The number of hydrogen-bond donors (Lipinski definition) is 2. The lowest BCUT2D eigenvalue weighted by Crippen LogP contribution is -2.14. The van der Waals surface area contributed by atoms with Crippen molar-refractivity contribution in [1.29, 1.82) is 0 Å². The van der Waals surface area contributed by atoms with Crippen LogP contribution in [0.1, 0.15) is 5.56 Å². The molecule has 0 unspecified atom stereocenters. The highest BCUT2D eigenvalue weighted by molar-refractivity contribution is 7.92. The number of phenols is 1. The van der Waals surface area contributed by atoms with E-state index in [4.69, 9.17) is 0 Å². The Balaban J connectivity index is 2.43. The molecule has 4 nitrogen and oxygen atoms in total. The molecule has 2 rings (SSSR count). The molecule has 0 atom stereocenters. The van der Waals surface area contributed by atoms with E-state index in [1.54, 1.807) is 19.1 Å². The number of phenolic OH excluding ortho intramolecular Hbond substituents is 1. The van der Waals surface area contributed by atoms with E-state index >= 15 is 0 Å². The van der Waals surface area contributed by atoms with Gasteiger partial charge in [0.1, 0.15) is 16.5 Å². The van der Waals surface area contributed by atoms with E-state index in [2.05, 4.69) is 4.72 Å². The Labute approximate surface area is 110 Å². The first-order valence-electron chi connectivity index (χ1n) is 5.48. The van der Waals surface area contributed by atoms with Crippen LogP contribution < -0.4 is 4.72 Å². The molecule has 0 aliphatic carbocycles. The summed E-state index contributed by atoms with van der Waals surface area (Å²) in [7, 11) is -4.07. The molecule has 0 aliphatic heterocycles. The third kappa shape index (κ3) is 2.68. The summed E-state index contributed by atoms with van der Waals surface area (Å²) in [5.74, 6) is -1.02. The van der Waals surface area contributed by atoms with Crippen LogP contribution >= 0.6 is 0 Å². The van der Waals surface area contributed by atoms with Gasteiger partial charge in [0.05, 0.1) is 5.69 Å². The van der Waals surface area contributed by atoms with E-state index in [0.29, 0.717) is 5.56 Å². The van der Waals surface area contributed by atoms with Crippen LogP contribution in [0.2, 0.25) is 0 Å². The van der Waals surface area contributed by atoms with E-state index in [1.807, 2.05) is 0 Å². The van der Waals surface area contributed by atoms with Gasteiger partial charge in [-0.15, -0.1) is 0 Å². The van der Waals surface area contributed by atoms with Crippen molar-refractivity contribution in [2.75, 3.05) is 4.72 Å². The minimum atomic E-state index is -4.07. The molecule has 0 bridgehead atoms. The Morgan fingerprint density at radius 1 is 1.11 bits per heavy atom. The number of sulfonamides is 1. The Hall–Kier alpha value is -2.08. The Morgan fingerprint density at radius 2 is 1.79 bits per heavy atom. The van der Waals surface area contributed by atoms with Crippen LogP contribution in [0.5, 0.6) is 5.75 Å².